The SMILES string of the molecule is CC(=O)/C=C/C(=O)NCCN.CC/C=C\C/C=C\C/C=C\C/C=C\C/C=C\CCCC(=O)NCCNC(=O)/C=C/C(C)=O. The Hall–Kier alpha value is -4.11. The maximum Gasteiger partial charge on any atom is 0.244 e. The first-order chi connectivity index (χ1) is 20.7. The lowest BCUT2D eigenvalue weighted by molar-refractivity contribution is -0.121. The topological polar surface area (TPSA) is 147 Å². The number of rotatable bonds is 22. The summed E-state index contributed by atoms with van der Waals surface area (Å²) in [6.45, 7) is 6.45. The standard InChI is InChI=1S/C27H40N2O3.C7H12N2O2/c1-3-4-5-6-7-8-9-10-11-12-13-14-15-16-17-18-19-20-26(31)28-23-24-29-27(32)22-21-25(2)30;1-6(10)2-3-7(11)9-5-4-8/h4-5,7-8,10-11,13-14,16-17,21-22H,3,6,9,12,15,18-20,23-24H2,1-2H3,(H,28,31)(H,29,32);2-3H,4-5,8H2,1H3,(H,9,11)/b5-4-,8-7-,11-10-,14-13-,17-16-,22-21+;3-2+. The van der Waals surface area contributed by atoms with Crippen LogP contribution in [0.15, 0.2) is 85.1 Å². The van der Waals surface area contributed by atoms with E-state index in [4.69, 9.17) is 5.73 Å². The van der Waals surface area contributed by atoms with E-state index in [9.17, 15) is 24.0 Å². The highest BCUT2D eigenvalue weighted by Crippen LogP contribution is 1.99. The van der Waals surface area contributed by atoms with E-state index in [1.54, 1.807) is 0 Å². The molecular weight excluding hydrogens is 544 g/mol. The molecule has 43 heavy (non-hydrogen) atoms. The van der Waals surface area contributed by atoms with Crippen LogP contribution in [0.25, 0.3) is 0 Å². The summed E-state index contributed by atoms with van der Waals surface area (Å²) in [4.78, 5) is 54.8. The first kappa shape index (κ1) is 41.0. The first-order valence-corrected chi connectivity index (χ1v) is 14.9. The molecule has 238 valence electrons. The van der Waals surface area contributed by atoms with Crippen molar-refractivity contribution < 1.29 is 24.0 Å². The molecule has 5 N–H and O–H groups in total. The Morgan fingerprint density at radius 2 is 0.977 bits per heavy atom. The lowest BCUT2D eigenvalue weighted by Crippen LogP contribution is -2.33. The van der Waals surface area contributed by atoms with E-state index in [2.05, 4.69) is 83.6 Å². The molecule has 0 unspecified atom stereocenters. The maximum atomic E-state index is 11.7. The van der Waals surface area contributed by atoms with Gasteiger partial charge in [-0.2, -0.15) is 0 Å². The molecule has 0 radical (unpaired) electrons. The van der Waals surface area contributed by atoms with Gasteiger partial charge in [-0.15, -0.1) is 0 Å². The van der Waals surface area contributed by atoms with E-state index in [0.29, 0.717) is 32.6 Å². The summed E-state index contributed by atoms with van der Waals surface area (Å²) in [6.07, 6.45) is 33.5. The van der Waals surface area contributed by atoms with Crippen LogP contribution in [-0.2, 0) is 24.0 Å². The lowest BCUT2D eigenvalue weighted by Gasteiger charge is -2.05. The molecule has 3 amide bonds. The Kier molecular flexibility index (Phi) is 30.9. The molecule has 0 saturated carbocycles. The fourth-order valence-electron chi connectivity index (χ4n) is 2.92. The van der Waals surface area contributed by atoms with Gasteiger partial charge in [-0.25, -0.2) is 0 Å². The van der Waals surface area contributed by atoms with E-state index >= 15 is 0 Å². The number of nitrogens with two attached hydrogens (primary N) is 1. The van der Waals surface area contributed by atoms with Gasteiger partial charge in [-0.05, 0) is 70.9 Å². The summed E-state index contributed by atoms with van der Waals surface area (Å²) >= 11 is 0. The van der Waals surface area contributed by atoms with Crippen molar-refractivity contribution in [2.75, 3.05) is 26.2 Å². The predicted octanol–water partition coefficient (Wildman–Crippen LogP) is 4.49. The molecule has 0 bridgehead atoms. The van der Waals surface area contributed by atoms with E-state index in [1.165, 1.54) is 38.2 Å². The molecule has 0 heterocycles. The molecule has 0 aliphatic carbocycles. The second-order valence-electron chi connectivity index (χ2n) is 9.21. The number of carbonyl (C=O) groups excluding carboxylic acids is 5. The number of ketones is 2. The average molecular weight is 597 g/mol. The van der Waals surface area contributed by atoms with Crippen molar-refractivity contribution in [2.45, 2.75) is 72.1 Å². The zero-order chi connectivity index (χ0) is 32.4. The van der Waals surface area contributed by atoms with Gasteiger partial charge in [0.15, 0.2) is 11.6 Å². The number of carbonyl (C=O) groups is 5. The predicted molar refractivity (Wildman–Crippen MR) is 176 cm³/mol. The highest BCUT2D eigenvalue weighted by molar-refractivity contribution is 5.97. The van der Waals surface area contributed by atoms with Gasteiger partial charge in [-0.3, -0.25) is 24.0 Å². The van der Waals surface area contributed by atoms with Crippen molar-refractivity contribution in [3.8, 4) is 0 Å². The molecule has 0 fully saturated rings. The van der Waals surface area contributed by atoms with E-state index in [1.807, 2.05) is 0 Å². The highest BCUT2D eigenvalue weighted by Gasteiger charge is 2.00. The Labute approximate surface area is 258 Å². The van der Waals surface area contributed by atoms with Gasteiger partial charge in [-0.1, -0.05) is 67.7 Å². The summed E-state index contributed by atoms with van der Waals surface area (Å²) < 4.78 is 0. The van der Waals surface area contributed by atoms with Crippen molar-refractivity contribution in [3.63, 3.8) is 0 Å². The number of amides is 3. The number of unbranched alkanes of at least 4 members (excludes halogenated alkanes) is 1. The van der Waals surface area contributed by atoms with Crippen molar-refractivity contribution in [1.29, 1.82) is 0 Å². The van der Waals surface area contributed by atoms with Gasteiger partial charge in [0.1, 0.15) is 0 Å². The van der Waals surface area contributed by atoms with Gasteiger partial charge in [0.25, 0.3) is 0 Å². The summed E-state index contributed by atoms with van der Waals surface area (Å²) in [7, 11) is 0. The van der Waals surface area contributed by atoms with Crippen LogP contribution in [0.3, 0.4) is 0 Å². The Balaban J connectivity index is 0. The van der Waals surface area contributed by atoms with Gasteiger partial charge >= 0.3 is 0 Å². The van der Waals surface area contributed by atoms with Crippen molar-refractivity contribution in [3.05, 3.63) is 85.1 Å². The zero-order valence-electron chi connectivity index (χ0n) is 26.2. The highest BCUT2D eigenvalue weighted by atomic mass is 16.2. The summed E-state index contributed by atoms with van der Waals surface area (Å²) in [5.41, 5.74) is 5.13. The molecule has 0 rings (SSSR count). The number of hydrogen-bond donors (Lipinski definition) is 4. The average Bonchev–Trinajstić information content (AvgIpc) is 2.98. The minimum absolute atomic E-state index is 0.0223. The Bertz CT molecular complexity index is 1000. The van der Waals surface area contributed by atoms with Crippen LogP contribution in [0.2, 0.25) is 0 Å². The van der Waals surface area contributed by atoms with Crippen molar-refractivity contribution in [1.82, 2.24) is 16.0 Å². The van der Waals surface area contributed by atoms with Gasteiger partial charge in [0, 0.05) is 44.8 Å². The Morgan fingerprint density at radius 3 is 1.42 bits per heavy atom. The third-order valence-corrected chi connectivity index (χ3v) is 5.06. The van der Waals surface area contributed by atoms with Crippen LogP contribution in [0.5, 0.6) is 0 Å². The minimum atomic E-state index is -0.340. The molecule has 9 nitrogen and oxygen atoms in total. The largest absolute Gasteiger partial charge is 0.354 e. The van der Waals surface area contributed by atoms with Crippen LogP contribution < -0.4 is 21.7 Å². The molecule has 0 aliphatic rings. The smallest absolute Gasteiger partial charge is 0.244 e. The Morgan fingerprint density at radius 1 is 0.558 bits per heavy atom. The van der Waals surface area contributed by atoms with E-state index in [0.717, 1.165) is 44.9 Å². The van der Waals surface area contributed by atoms with Gasteiger partial charge in [0.05, 0.1) is 0 Å². The van der Waals surface area contributed by atoms with Crippen molar-refractivity contribution in [2.24, 2.45) is 5.73 Å². The van der Waals surface area contributed by atoms with Crippen LogP contribution in [0, 0.1) is 0 Å². The number of allylic oxidation sites excluding steroid dienone is 12. The zero-order valence-corrected chi connectivity index (χ0v) is 26.2. The molecule has 0 saturated heterocycles. The minimum Gasteiger partial charge on any atom is -0.354 e. The molecule has 0 aromatic rings. The van der Waals surface area contributed by atoms with E-state index in [-0.39, 0.29) is 29.3 Å². The fourth-order valence-corrected chi connectivity index (χ4v) is 2.92. The van der Waals surface area contributed by atoms with Crippen LogP contribution in [0.1, 0.15) is 72.1 Å². The molecular formula is C34H52N4O5. The van der Waals surface area contributed by atoms with Gasteiger partial charge in [0.2, 0.25) is 17.7 Å². The second-order valence-corrected chi connectivity index (χ2v) is 9.21. The third-order valence-electron chi connectivity index (χ3n) is 5.06. The maximum absolute atomic E-state index is 11.7. The van der Waals surface area contributed by atoms with Crippen molar-refractivity contribution >= 4 is 29.3 Å². The first-order valence-electron chi connectivity index (χ1n) is 14.9. The van der Waals surface area contributed by atoms with Gasteiger partial charge < -0.3 is 21.7 Å². The van der Waals surface area contributed by atoms with Crippen LogP contribution >= 0.6 is 0 Å². The summed E-state index contributed by atoms with van der Waals surface area (Å²) in [5.74, 6) is -0.974. The number of nitrogens with one attached hydrogen (secondary N) is 3. The summed E-state index contributed by atoms with van der Waals surface area (Å²) in [5, 5.41) is 7.85. The molecule has 0 atom stereocenters. The third kappa shape index (κ3) is 37.9. The quantitative estimate of drug-likeness (QED) is 0.0822. The molecule has 0 aliphatic heterocycles. The molecule has 0 spiro atoms. The number of hydrogen-bond acceptors (Lipinski definition) is 6. The van der Waals surface area contributed by atoms with E-state index < -0.39 is 0 Å². The molecule has 0 aromatic carbocycles. The fraction of sp³-hybridized carbons (Fsp3) is 0.441. The summed E-state index contributed by atoms with van der Waals surface area (Å²) in [6, 6.07) is 0. The van der Waals surface area contributed by atoms with Crippen LogP contribution in [-0.4, -0.2) is 55.5 Å². The molecule has 0 aromatic heterocycles. The molecule has 9 heteroatoms. The lowest BCUT2D eigenvalue weighted by atomic mass is 10.2. The monoisotopic (exact) mass is 596 g/mol. The van der Waals surface area contributed by atoms with Crippen LogP contribution in [0.4, 0.5) is 0 Å². The normalized spacial score (nSPS) is 11.7. The second kappa shape index (κ2) is 32.4.